The van der Waals surface area contributed by atoms with Gasteiger partial charge in [-0.2, -0.15) is 5.10 Å². The number of rotatable bonds is 4. The minimum absolute atomic E-state index is 0.0830. The first kappa shape index (κ1) is 18.7. The zero-order valence-electron chi connectivity index (χ0n) is 15.8. The van der Waals surface area contributed by atoms with Gasteiger partial charge >= 0.3 is 6.09 Å². The summed E-state index contributed by atoms with van der Waals surface area (Å²) in [6.45, 7) is 12.5. The first-order valence-corrected chi connectivity index (χ1v) is 8.78. The summed E-state index contributed by atoms with van der Waals surface area (Å²) >= 11 is 0. The lowest BCUT2D eigenvalue weighted by Gasteiger charge is -2.34. The summed E-state index contributed by atoms with van der Waals surface area (Å²) < 4.78 is 5.12. The average Bonchev–Trinajstić information content (AvgIpc) is 2.75. The number of nitrogens with one attached hydrogen (secondary N) is 2. The molecule has 6 nitrogen and oxygen atoms in total. The van der Waals surface area contributed by atoms with Crippen LogP contribution in [0, 0.1) is 16.7 Å². The molecule has 6 heteroatoms. The van der Waals surface area contributed by atoms with Crippen LogP contribution >= 0.6 is 0 Å². The van der Waals surface area contributed by atoms with Gasteiger partial charge in [-0.15, -0.1) is 0 Å². The summed E-state index contributed by atoms with van der Waals surface area (Å²) in [6.07, 6.45) is 3.03. The Hall–Kier alpha value is -1.59. The van der Waals surface area contributed by atoms with Crippen molar-refractivity contribution >= 4 is 17.7 Å². The van der Waals surface area contributed by atoms with Gasteiger partial charge in [0.2, 0.25) is 5.91 Å². The van der Waals surface area contributed by atoms with Crippen molar-refractivity contribution in [2.75, 3.05) is 6.54 Å². The van der Waals surface area contributed by atoms with Crippen LogP contribution in [-0.2, 0) is 9.53 Å². The van der Waals surface area contributed by atoms with Crippen molar-refractivity contribution in [1.29, 1.82) is 0 Å². The van der Waals surface area contributed by atoms with E-state index in [1.807, 2.05) is 0 Å². The Morgan fingerprint density at radius 3 is 2.46 bits per heavy atom. The van der Waals surface area contributed by atoms with Crippen molar-refractivity contribution in [3.05, 3.63) is 0 Å². The zero-order valence-corrected chi connectivity index (χ0v) is 15.8. The number of hydrazone groups is 1. The second-order valence-corrected chi connectivity index (χ2v) is 8.77. The van der Waals surface area contributed by atoms with Gasteiger partial charge in [-0.3, -0.25) is 4.79 Å². The molecule has 0 spiro atoms. The minimum atomic E-state index is -0.539. The SMILES string of the molecule is CC(C)(C)OC(=O)NCCC(=O)N/N=C1/C[C@H]2CC[C@]1(C)C2(C)C. The quantitative estimate of drug-likeness (QED) is 0.773. The number of carbonyl (C=O) groups is 2. The van der Waals surface area contributed by atoms with Crippen LogP contribution in [0.15, 0.2) is 5.10 Å². The molecular formula is C18H31N3O3. The molecule has 2 N–H and O–H groups in total. The smallest absolute Gasteiger partial charge is 0.407 e. The van der Waals surface area contributed by atoms with Crippen LogP contribution in [-0.4, -0.2) is 29.9 Å². The number of alkyl carbamates (subject to hydrolysis) is 1. The minimum Gasteiger partial charge on any atom is -0.444 e. The molecule has 136 valence electrons. The highest BCUT2D eigenvalue weighted by Crippen LogP contribution is 2.63. The largest absolute Gasteiger partial charge is 0.444 e. The van der Waals surface area contributed by atoms with Gasteiger partial charge in [-0.05, 0) is 51.4 Å². The van der Waals surface area contributed by atoms with Gasteiger partial charge in [0.05, 0.1) is 0 Å². The zero-order chi connectivity index (χ0) is 18.2. The van der Waals surface area contributed by atoms with E-state index in [0.717, 1.165) is 18.6 Å². The monoisotopic (exact) mass is 337 g/mol. The maximum Gasteiger partial charge on any atom is 0.407 e. The number of fused-ring (bicyclic) bond motifs is 2. The van der Waals surface area contributed by atoms with Crippen molar-refractivity contribution in [3.8, 4) is 0 Å². The molecule has 0 aromatic carbocycles. The van der Waals surface area contributed by atoms with Crippen LogP contribution < -0.4 is 10.7 Å². The standard InChI is InChI=1S/C18H31N3O3/c1-16(2,3)24-15(23)19-10-8-14(22)21-20-13-11-12-7-9-18(13,6)17(12,4)5/h12H,7-11H2,1-6H3,(H,19,23)(H,21,22)/b20-13-/t12-,18+/m1/s1. The maximum atomic E-state index is 11.9. The molecule has 0 radical (unpaired) electrons. The van der Waals surface area contributed by atoms with Crippen LogP contribution in [0.1, 0.15) is 67.2 Å². The molecule has 2 fully saturated rings. The third-order valence-electron chi connectivity index (χ3n) is 5.85. The number of ether oxygens (including phenoxy) is 1. The van der Waals surface area contributed by atoms with Crippen LogP contribution in [0.5, 0.6) is 0 Å². The van der Waals surface area contributed by atoms with E-state index in [0.29, 0.717) is 5.92 Å². The van der Waals surface area contributed by atoms with Crippen LogP contribution in [0.4, 0.5) is 4.79 Å². The topological polar surface area (TPSA) is 79.8 Å². The molecule has 0 aromatic heterocycles. The predicted octanol–water partition coefficient (Wildman–Crippen LogP) is 3.22. The Morgan fingerprint density at radius 1 is 1.29 bits per heavy atom. The third-order valence-corrected chi connectivity index (χ3v) is 5.85. The lowest BCUT2D eigenvalue weighted by atomic mass is 9.70. The van der Waals surface area contributed by atoms with E-state index in [4.69, 9.17) is 4.74 Å². The van der Waals surface area contributed by atoms with E-state index < -0.39 is 11.7 Å². The summed E-state index contributed by atoms with van der Waals surface area (Å²) in [5, 5.41) is 6.98. The molecule has 0 saturated heterocycles. The van der Waals surface area contributed by atoms with E-state index in [-0.39, 0.29) is 29.7 Å². The molecule has 2 aliphatic carbocycles. The van der Waals surface area contributed by atoms with Crippen molar-refractivity contribution in [2.24, 2.45) is 21.8 Å². The predicted molar refractivity (Wildman–Crippen MR) is 93.7 cm³/mol. The Balaban J connectivity index is 1.77. The summed E-state index contributed by atoms with van der Waals surface area (Å²) in [7, 11) is 0. The molecule has 2 saturated carbocycles. The fourth-order valence-electron chi connectivity index (χ4n) is 3.88. The van der Waals surface area contributed by atoms with Crippen molar-refractivity contribution in [3.63, 3.8) is 0 Å². The van der Waals surface area contributed by atoms with Crippen LogP contribution in [0.25, 0.3) is 0 Å². The molecule has 2 bridgehead atoms. The first-order valence-electron chi connectivity index (χ1n) is 8.78. The van der Waals surface area contributed by atoms with E-state index >= 15 is 0 Å². The lowest BCUT2D eigenvalue weighted by molar-refractivity contribution is -0.120. The summed E-state index contributed by atoms with van der Waals surface area (Å²) in [5.41, 5.74) is 3.55. The van der Waals surface area contributed by atoms with Gasteiger partial charge < -0.3 is 10.1 Å². The average molecular weight is 337 g/mol. The van der Waals surface area contributed by atoms with E-state index in [9.17, 15) is 9.59 Å². The third kappa shape index (κ3) is 3.73. The van der Waals surface area contributed by atoms with E-state index in [1.54, 1.807) is 20.8 Å². The van der Waals surface area contributed by atoms with Gasteiger partial charge in [0.1, 0.15) is 5.60 Å². The summed E-state index contributed by atoms with van der Waals surface area (Å²) in [5.74, 6) is 0.467. The Labute approximate surface area is 144 Å². The molecule has 2 rings (SSSR count). The van der Waals surface area contributed by atoms with Crippen molar-refractivity contribution in [2.45, 2.75) is 72.8 Å². The number of carbonyl (C=O) groups excluding carboxylic acids is 2. The fourth-order valence-corrected chi connectivity index (χ4v) is 3.88. The lowest BCUT2D eigenvalue weighted by Crippen LogP contribution is -2.36. The molecule has 2 aliphatic rings. The van der Waals surface area contributed by atoms with Crippen LogP contribution in [0.2, 0.25) is 0 Å². The molecule has 2 amide bonds. The number of nitrogens with zero attached hydrogens (tertiary/aromatic N) is 1. The van der Waals surface area contributed by atoms with E-state index in [2.05, 4.69) is 36.6 Å². The number of hydrogen-bond acceptors (Lipinski definition) is 4. The highest BCUT2D eigenvalue weighted by Gasteiger charge is 2.59. The molecule has 24 heavy (non-hydrogen) atoms. The second-order valence-electron chi connectivity index (χ2n) is 8.77. The van der Waals surface area contributed by atoms with Crippen molar-refractivity contribution < 1.29 is 14.3 Å². The highest BCUT2D eigenvalue weighted by molar-refractivity contribution is 5.95. The Bertz CT molecular complexity index is 548. The summed E-state index contributed by atoms with van der Waals surface area (Å²) in [4.78, 5) is 23.4. The second kappa shape index (κ2) is 6.37. The van der Waals surface area contributed by atoms with Crippen LogP contribution in [0.3, 0.4) is 0 Å². The van der Waals surface area contributed by atoms with Gasteiger partial charge in [-0.1, -0.05) is 20.8 Å². The highest BCUT2D eigenvalue weighted by atomic mass is 16.6. The number of amides is 2. The Kier molecular flexibility index (Phi) is 4.98. The van der Waals surface area contributed by atoms with Gasteiger partial charge in [0.25, 0.3) is 0 Å². The molecule has 0 heterocycles. The first-order chi connectivity index (χ1) is 11.0. The van der Waals surface area contributed by atoms with Gasteiger partial charge in [0.15, 0.2) is 0 Å². The van der Waals surface area contributed by atoms with Gasteiger partial charge in [-0.25, -0.2) is 10.2 Å². The van der Waals surface area contributed by atoms with E-state index in [1.165, 1.54) is 6.42 Å². The maximum absolute atomic E-state index is 11.9. The van der Waals surface area contributed by atoms with Crippen molar-refractivity contribution in [1.82, 2.24) is 10.7 Å². The fraction of sp³-hybridized carbons (Fsp3) is 0.833. The van der Waals surface area contributed by atoms with Gasteiger partial charge in [0, 0.05) is 24.1 Å². The molecule has 0 aromatic rings. The Morgan fingerprint density at radius 2 is 1.96 bits per heavy atom. The normalized spacial score (nSPS) is 29.6. The molecule has 2 atom stereocenters. The molecule has 0 unspecified atom stereocenters. The molecular weight excluding hydrogens is 306 g/mol. The number of hydrogen-bond donors (Lipinski definition) is 2. The molecule has 0 aliphatic heterocycles. The summed E-state index contributed by atoms with van der Waals surface area (Å²) in [6, 6.07) is 0.